The molecule has 0 saturated heterocycles. The molecule has 0 aromatic carbocycles. The van der Waals surface area contributed by atoms with Crippen LogP contribution in [0.5, 0.6) is 0 Å². The Labute approximate surface area is 278 Å². The number of alkyl halides is 16. The Kier molecular flexibility index (Phi) is 16.0. The maximum absolute atomic E-state index is 14.0. The van der Waals surface area contributed by atoms with Crippen molar-refractivity contribution < 1.29 is 86.7 Å². The van der Waals surface area contributed by atoms with E-state index in [4.69, 9.17) is 49.7 Å². The van der Waals surface area contributed by atoms with Gasteiger partial charge in [0.2, 0.25) is 0 Å². The maximum atomic E-state index is 14.0. The Bertz CT molecular complexity index is 1010. The first kappa shape index (κ1) is 47.7. The van der Waals surface area contributed by atoms with E-state index >= 15 is 0 Å². The second kappa shape index (κ2) is 15.7. The van der Waals surface area contributed by atoms with Gasteiger partial charge in [0.15, 0.2) is 8.32 Å². The van der Waals surface area contributed by atoms with Crippen molar-refractivity contribution >= 4 is 73.5 Å². The predicted molar refractivity (Wildman–Crippen MR) is 152 cm³/mol. The number of hydrogen-bond donors (Lipinski definition) is 0. The molecule has 0 aliphatic heterocycles. The lowest BCUT2D eigenvalue weighted by molar-refractivity contribution is -0.354. The molecule has 0 amide bonds. The number of rotatable bonds is 18. The van der Waals surface area contributed by atoms with Gasteiger partial charge < -0.3 is 16.5 Å². The van der Waals surface area contributed by atoms with Gasteiger partial charge in [0.1, 0.15) is 0 Å². The monoisotopic (exact) mass is 872 g/mol. The van der Waals surface area contributed by atoms with Crippen molar-refractivity contribution in [2.75, 3.05) is 0 Å². The Morgan fingerprint density at radius 3 is 1.00 bits per heavy atom. The zero-order chi connectivity index (χ0) is 38.0. The van der Waals surface area contributed by atoms with E-state index < -0.39 is 127 Å². The summed E-state index contributed by atoms with van der Waals surface area (Å²) in [4.78, 5) is 0. The molecule has 47 heavy (non-hydrogen) atoms. The molecule has 28 heteroatoms. The molecule has 0 heterocycles. The zero-order valence-electron chi connectivity index (χ0n) is 25.0. The quantitative estimate of drug-likeness (QED) is 0.0781. The number of hydrogen-bond acceptors (Lipinski definition) is 4. The highest BCUT2D eigenvalue weighted by molar-refractivity contribution is 7.62. The summed E-state index contributed by atoms with van der Waals surface area (Å²) in [5.74, 6) is -12.2. The van der Waals surface area contributed by atoms with Crippen LogP contribution in [0.3, 0.4) is 0 Å². The van der Waals surface area contributed by atoms with Crippen LogP contribution in [0.15, 0.2) is 0 Å². The van der Waals surface area contributed by atoms with Crippen LogP contribution in [-0.4, -0.2) is 76.8 Å². The van der Waals surface area contributed by atoms with Crippen molar-refractivity contribution in [1.82, 2.24) is 0 Å². The SMILES string of the molecule is C[Si](C)(CCC(F)(F)C(F)(F)C(F)(F)F)O[Si](C)(CCC(F)(F)F)O[Si](C)(CCC(F)(F)F)O[Si](C)(CCC(F)(F)F)O[Si](Cl)(Cl)Cl. The summed E-state index contributed by atoms with van der Waals surface area (Å²) in [5, 5.41) is 0. The van der Waals surface area contributed by atoms with Crippen molar-refractivity contribution in [1.29, 1.82) is 0 Å². The summed E-state index contributed by atoms with van der Waals surface area (Å²) in [5.41, 5.74) is 0. The van der Waals surface area contributed by atoms with E-state index in [2.05, 4.69) is 0 Å². The van der Waals surface area contributed by atoms with E-state index in [1.54, 1.807) is 0 Å². The molecule has 0 aromatic rings. The van der Waals surface area contributed by atoms with Crippen LogP contribution in [0.2, 0.25) is 56.9 Å². The van der Waals surface area contributed by atoms with Gasteiger partial charge in [-0.15, -0.1) is 0 Å². The predicted octanol–water partition coefficient (Wildman–Crippen LogP) is 11.7. The van der Waals surface area contributed by atoms with Gasteiger partial charge in [0.05, 0.1) is 0 Å². The van der Waals surface area contributed by atoms with Gasteiger partial charge in [0.25, 0.3) is 0 Å². The summed E-state index contributed by atoms with van der Waals surface area (Å²) in [6, 6.07) is -4.68. The van der Waals surface area contributed by atoms with E-state index in [1.807, 2.05) is 0 Å². The molecule has 3 unspecified atom stereocenters. The van der Waals surface area contributed by atoms with Crippen LogP contribution in [-0.2, 0) is 16.5 Å². The molecule has 0 saturated carbocycles. The lowest BCUT2D eigenvalue weighted by Gasteiger charge is -2.45. The van der Waals surface area contributed by atoms with Crippen LogP contribution in [0.1, 0.15) is 25.7 Å². The summed E-state index contributed by atoms with van der Waals surface area (Å²) < 4.78 is 234. The summed E-state index contributed by atoms with van der Waals surface area (Å²) in [7, 11) is -18.1. The molecule has 4 nitrogen and oxygen atoms in total. The molecule has 0 aliphatic rings. The van der Waals surface area contributed by atoms with Gasteiger partial charge in [-0.25, -0.2) is 0 Å². The lowest BCUT2D eigenvalue weighted by atomic mass is 10.1. The van der Waals surface area contributed by atoms with E-state index in [0.717, 1.165) is 32.7 Å². The van der Waals surface area contributed by atoms with Gasteiger partial charge in [-0.05, 0) is 56.9 Å². The highest BCUT2D eigenvalue weighted by Crippen LogP contribution is 2.49. The van der Waals surface area contributed by atoms with E-state index in [0.29, 0.717) is 0 Å². The minimum Gasteiger partial charge on any atom is -0.436 e. The number of halogens is 19. The molecule has 0 aliphatic carbocycles. The third-order valence-corrected chi connectivity index (χ3v) is 26.6. The molecular weight excluding hydrogens is 843 g/mol. The average molecular weight is 874 g/mol. The Morgan fingerprint density at radius 1 is 0.426 bits per heavy atom. The first-order chi connectivity index (χ1) is 20.2. The maximum Gasteiger partial charge on any atom is 0.485 e. The van der Waals surface area contributed by atoms with Gasteiger partial charge in [-0.1, -0.05) is 33.2 Å². The van der Waals surface area contributed by atoms with Crippen LogP contribution in [0, 0.1) is 0 Å². The first-order valence-corrected chi connectivity index (χ1v) is 28.7. The molecule has 0 bridgehead atoms. The van der Waals surface area contributed by atoms with Crippen LogP contribution in [0.4, 0.5) is 70.2 Å². The smallest absolute Gasteiger partial charge is 0.436 e. The zero-order valence-corrected chi connectivity index (χ0v) is 32.2. The standard InChI is InChI=1S/C19H31Cl3F16O4Si5/c1-43(2,10-6-14(23,24)18(34,35)19(36,37)38)39-44(3,11-7-15(25,26)27)40-45(4,12-8-16(28,29)30)41-46(5,42-47(20,21)22)13-9-17(31,32)33/h6-13H2,1-5H3. The highest BCUT2D eigenvalue weighted by Gasteiger charge is 2.72. The van der Waals surface area contributed by atoms with E-state index in [9.17, 15) is 70.2 Å². The van der Waals surface area contributed by atoms with Gasteiger partial charge in [-0.3, -0.25) is 0 Å². The van der Waals surface area contributed by atoms with Crippen LogP contribution >= 0.6 is 33.2 Å². The Balaban J connectivity index is 6.78. The molecule has 0 rings (SSSR count). The topological polar surface area (TPSA) is 36.9 Å². The van der Waals surface area contributed by atoms with Crippen molar-refractivity contribution in [3.05, 3.63) is 0 Å². The molecular formula is C19H31Cl3F16O4Si5. The van der Waals surface area contributed by atoms with Crippen molar-refractivity contribution in [3.8, 4) is 0 Å². The summed E-state index contributed by atoms with van der Waals surface area (Å²) >= 11 is 17.1. The molecule has 0 N–H and O–H groups in total. The van der Waals surface area contributed by atoms with Gasteiger partial charge in [-0.2, -0.15) is 70.2 Å². The van der Waals surface area contributed by atoms with Gasteiger partial charge >= 0.3 is 68.5 Å². The molecule has 0 radical (unpaired) electrons. The van der Waals surface area contributed by atoms with E-state index in [1.165, 1.54) is 0 Å². The molecule has 0 fully saturated rings. The second-order valence-electron chi connectivity index (χ2n) is 11.6. The molecule has 3 atom stereocenters. The first-order valence-electron chi connectivity index (χ1n) is 13.1. The fourth-order valence-electron chi connectivity index (χ4n) is 4.09. The minimum atomic E-state index is -6.67. The van der Waals surface area contributed by atoms with Gasteiger partial charge in [0, 0.05) is 25.7 Å². The Hall–Kier alpha value is 0.674. The van der Waals surface area contributed by atoms with Crippen LogP contribution in [0.25, 0.3) is 0 Å². The molecule has 284 valence electrons. The summed E-state index contributed by atoms with van der Waals surface area (Å²) in [6.07, 6.45) is -33.3. The lowest BCUT2D eigenvalue weighted by Crippen LogP contribution is -2.61. The molecule has 0 spiro atoms. The Morgan fingerprint density at radius 2 is 0.723 bits per heavy atom. The second-order valence-corrected chi connectivity index (χ2v) is 34.6. The van der Waals surface area contributed by atoms with Crippen molar-refractivity contribution in [2.45, 2.75) is 119 Å². The van der Waals surface area contributed by atoms with Crippen molar-refractivity contribution in [3.63, 3.8) is 0 Å². The molecule has 0 aromatic heterocycles. The van der Waals surface area contributed by atoms with Crippen LogP contribution < -0.4 is 0 Å². The van der Waals surface area contributed by atoms with E-state index in [-0.39, 0.29) is 0 Å². The normalized spacial score (nSPS) is 18.9. The fourth-order valence-corrected chi connectivity index (χ4v) is 30.1. The third kappa shape index (κ3) is 18.6. The largest absolute Gasteiger partial charge is 0.485 e. The third-order valence-electron chi connectivity index (χ3n) is 6.13. The summed E-state index contributed by atoms with van der Waals surface area (Å²) in [6.45, 7) is 4.44. The van der Waals surface area contributed by atoms with Crippen molar-refractivity contribution in [2.24, 2.45) is 0 Å². The minimum absolute atomic E-state index is 0.829. The average Bonchev–Trinajstić information content (AvgIpc) is 2.75. The highest BCUT2D eigenvalue weighted by atomic mass is 35.8. The fraction of sp³-hybridized carbons (Fsp3) is 1.00.